The Kier molecular flexibility index (Phi) is 4.81. The minimum atomic E-state index is -0.350. The number of oxazole rings is 1. The fourth-order valence-electron chi connectivity index (χ4n) is 3.20. The molecule has 0 unspecified atom stereocenters. The van der Waals surface area contributed by atoms with Crippen LogP contribution in [0.4, 0.5) is 10.3 Å². The summed E-state index contributed by atoms with van der Waals surface area (Å²) in [7, 11) is 0. The fourth-order valence-corrected chi connectivity index (χ4v) is 3.20. The number of hydrogen-bond acceptors (Lipinski definition) is 6. The lowest BCUT2D eigenvalue weighted by Gasteiger charge is -2.34. The molecule has 0 N–H and O–H groups in total. The summed E-state index contributed by atoms with van der Waals surface area (Å²) in [5.74, 6) is 0.676. The summed E-state index contributed by atoms with van der Waals surface area (Å²) in [4.78, 5) is 20.3. The highest BCUT2D eigenvalue weighted by Gasteiger charge is 2.27. The van der Waals surface area contributed by atoms with Gasteiger partial charge in [-0.2, -0.15) is 10.2 Å². The first-order chi connectivity index (χ1) is 13.6. The second kappa shape index (κ2) is 7.56. The maximum Gasteiger partial charge on any atom is 0.266 e. The lowest BCUT2D eigenvalue weighted by Crippen LogP contribution is -2.49. The van der Waals surface area contributed by atoms with Gasteiger partial charge < -0.3 is 18.6 Å². The lowest BCUT2D eigenvalue weighted by atomic mass is 10.1. The highest BCUT2D eigenvalue weighted by molar-refractivity contribution is 5.79. The van der Waals surface area contributed by atoms with Crippen molar-refractivity contribution < 1.29 is 18.0 Å². The Morgan fingerprint density at radius 2 is 2.04 bits per heavy atom. The highest BCUT2D eigenvalue weighted by Crippen LogP contribution is 2.29. The number of carbonyl (C=O) groups excluding carboxylic acids is 1. The predicted molar refractivity (Wildman–Crippen MR) is 97.8 cm³/mol. The van der Waals surface area contributed by atoms with Crippen LogP contribution in [0.25, 0.3) is 11.7 Å². The topological polar surface area (TPSA) is 86.5 Å². The van der Waals surface area contributed by atoms with Gasteiger partial charge in [0.25, 0.3) is 5.89 Å². The average molecular weight is 380 g/mol. The SMILES string of the molecule is N#Cc1nc(-c2ccco2)oc1N1CCN(C(=O)Cc2cccc(F)c2)CC1. The smallest absolute Gasteiger partial charge is 0.266 e. The average Bonchev–Trinajstić information content (AvgIpc) is 3.37. The summed E-state index contributed by atoms with van der Waals surface area (Å²) in [5, 5.41) is 9.36. The van der Waals surface area contributed by atoms with Crippen molar-refractivity contribution >= 4 is 11.8 Å². The van der Waals surface area contributed by atoms with Gasteiger partial charge in [0.05, 0.1) is 12.7 Å². The monoisotopic (exact) mass is 380 g/mol. The third-order valence-corrected chi connectivity index (χ3v) is 4.61. The van der Waals surface area contributed by atoms with Crippen LogP contribution in [0.2, 0.25) is 0 Å². The first-order valence-corrected chi connectivity index (χ1v) is 8.86. The molecule has 1 saturated heterocycles. The van der Waals surface area contributed by atoms with Gasteiger partial charge >= 0.3 is 0 Å². The number of rotatable bonds is 4. The van der Waals surface area contributed by atoms with Crippen LogP contribution in [0.1, 0.15) is 11.3 Å². The molecule has 0 spiro atoms. The lowest BCUT2D eigenvalue weighted by molar-refractivity contribution is -0.130. The fraction of sp³-hybridized carbons (Fsp3) is 0.250. The van der Waals surface area contributed by atoms with Crippen molar-refractivity contribution in [2.75, 3.05) is 31.1 Å². The number of hydrogen-bond donors (Lipinski definition) is 0. The molecule has 3 aromatic rings. The largest absolute Gasteiger partial charge is 0.459 e. The summed E-state index contributed by atoms with van der Waals surface area (Å²) in [5.41, 5.74) is 0.837. The van der Waals surface area contributed by atoms with Crippen molar-refractivity contribution in [2.45, 2.75) is 6.42 Å². The number of aromatic nitrogens is 1. The maximum atomic E-state index is 13.3. The third-order valence-electron chi connectivity index (χ3n) is 4.61. The first-order valence-electron chi connectivity index (χ1n) is 8.86. The summed E-state index contributed by atoms with van der Waals surface area (Å²) in [6.07, 6.45) is 1.67. The van der Waals surface area contributed by atoms with Crippen molar-refractivity contribution in [1.29, 1.82) is 5.26 Å². The van der Waals surface area contributed by atoms with Crippen molar-refractivity contribution in [3.63, 3.8) is 0 Å². The van der Waals surface area contributed by atoms with Crippen molar-refractivity contribution in [3.8, 4) is 17.7 Å². The molecular formula is C20H17FN4O3. The maximum absolute atomic E-state index is 13.3. The van der Waals surface area contributed by atoms with Gasteiger partial charge in [0.1, 0.15) is 11.9 Å². The zero-order valence-electron chi connectivity index (χ0n) is 15.0. The van der Waals surface area contributed by atoms with Gasteiger partial charge in [-0.25, -0.2) is 4.39 Å². The van der Waals surface area contributed by atoms with Crippen molar-refractivity contribution in [3.05, 3.63) is 59.7 Å². The molecule has 28 heavy (non-hydrogen) atoms. The summed E-state index contributed by atoms with van der Waals surface area (Å²) < 4.78 is 24.3. The van der Waals surface area contributed by atoms with Gasteiger partial charge in [0.15, 0.2) is 5.76 Å². The number of halogens is 1. The van der Waals surface area contributed by atoms with Crippen LogP contribution in [0.5, 0.6) is 0 Å². The van der Waals surface area contributed by atoms with Crippen LogP contribution in [-0.2, 0) is 11.2 Å². The molecule has 142 valence electrons. The van der Waals surface area contributed by atoms with Crippen LogP contribution in [0, 0.1) is 17.1 Å². The van der Waals surface area contributed by atoms with Crippen LogP contribution in [-0.4, -0.2) is 42.0 Å². The summed E-state index contributed by atoms with van der Waals surface area (Å²) in [6, 6.07) is 11.5. The minimum absolute atomic E-state index is 0.0559. The van der Waals surface area contributed by atoms with Gasteiger partial charge in [0.2, 0.25) is 17.5 Å². The number of furan rings is 1. The molecule has 0 saturated carbocycles. The second-order valence-electron chi connectivity index (χ2n) is 6.44. The van der Waals surface area contributed by atoms with E-state index in [4.69, 9.17) is 8.83 Å². The normalized spacial score (nSPS) is 14.1. The van der Waals surface area contributed by atoms with Crippen LogP contribution < -0.4 is 4.90 Å². The molecule has 0 atom stereocenters. The van der Waals surface area contributed by atoms with E-state index >= 15 is 0 Å². The molecule has 0 aliphatic carbocycles. The molecule has 1 aliphatic rings. The van der Waals surface area contributed by atoms with E-state index in [0.29, 0.717) is 43.4 Å². The van der Waals surface area contributed by atoms with E-state index < -0.39 is 0 Å². The minimum Gasteiger partial charge on any atom is -0.459 e. The van der Waals surface area contributed by atoms with E-state index in [2.05, 4.69) is 4.98 Å². The van der Waals surface area contributed by atoms with E-state index in [0.717, 1.165) is 0 Å². The molecule has 7 nitrogen and oxygen atoms in total. The molecule has 1 aromatic carbocycles. The first kappa shape index (κ1) is 17.8. The molecule has 3 heterocycles. The molecule has 1 fully saturated rings. The number of amides is 1. The number of nitrogens with zero attached hydrogens (tertiary/aromatic N) is 4. The molecule has 0 bridgehead atoms. The Hall–Kier alpha value is -3.60. The number of nitriles is 1. The van der Waals surface area contributed by atoms with Crippen LogP contribution in [0.3, 0.4) is 0 Å². The second-order valence-corrected chi connectivity index (χ2v) is 6.44. The number of anilines is 1. The quantitative estimate of drug-likeness (QED) is 0.692. The Balaban J connectivity index is 1.41. The molecule has 4 rings (SSSR count). The molecule has 2 aromatic heterocycles. The number of piperazine rings is 1. The third kappa shape index (κ3) is 3.60. The van der Waals surface area contributed by atoms with Gasteiger partial charge in [-0.05, 0) is 29.8 Å². The van der Waals surface area contributed by atoms with Gasteiger partial charge in [-0.3, -0.25) is 4.79 Å². The Labute approximate surface area is 160 Å². The molecule has 1 aliphatic heterocycles. The van der Waals surface area contributed by atoms with Gasteiger partial charge in [-0.15, -0.1) is 0 Å². The Morgan fingerprint density at radius 3 is 2.71 bits per heavy atom. The zero-order chi connectivity index (χ0) is 19.5. The zero-order valence-corrected chi connectivity index (χ0v) is 15.0. The van der Waals surface area contributed by atoms with Crippen molar-refractivity contribution in [2.24, 2.45) is 0 Å². The van der Waals surface area contributed by atoms with Crippen LogP contribution in [0.15, 0.2) is 51.5 Å². The van der Waals surface area contributed by atoms with E-state index in [9.17, 15) is 14.4 Å². The van der Waals surface area contributed by atoms with Crippen molar-refractivity contribution in [1.82, 2.24) is 9.88 Å². The molecular weight excluding hydrogens is 363 g/mol. The molecule has 8 heteroatoms. The van der Waals surface area contributed by atoms with E-state index in [1.807, 2.05) is 11.0 Å². The summed E-state index contributed by atoms with van der Waals surface area (Å²) in [6.45, 7) is 1.98. The Bertz CT molecular complexity index is 1010. The van der Waals surface area contributed by atoms with E-state index in [-0.39, 0.29) is 29.7 Å². The van der Waals surface area contributed by atoms with Gasteiger partial charge in [-0.1, -0.05) is 12.1 Å². The highest BCUT2D eigenvalue weighted by atomic mass is 19.1. The Morgan fingerprint density at radius 1 is 1.21 bits per heavy atom. The van der Waals surface area contributed by atoms with E-state index in [1.165, 1.54) is 18.4 Å². The van der Waals surface area contributed by atoms with Gasteiger partial charge in [0, 0.05) is 26.2 Å². The molecule has 0 radical (unpaired) electrons. The van der Waals surface area contributed by atoms with Crippen LogP contribution >= 0.6 is 0 Å². The molecule has 1 amide bonds. The number of benzene rings is 1. The predicted octanol–water partition coefficient (Wildman–Crippen LogP) is 2.84. The number of carbonyl (C=O) groups is 1. The van der Waals surface area contributed by atoms with E-state index in [1.54, 1.807) is 29.2 Å². The standard InChI is InChI=1S/C20H17FN4O3/c21-15-4-1-3-14(11-15)12-18(26)24-6-8-25(9-7-24)20-16(13-22)23-19(28-20)17-5-2-10-27-17/h1-5,10-11H,6-9,12H2. The summed E-state index contributed by atoms with van der Waals surface area (Å²) >= 11 is 0.